The van der Waals surface area contributed by atoms with Gasteiger partial charge in [0.1, 0.15) is 5.75 Å². The summed E-state index contributed by atoms with van der Waals surface area (Å²) in [5, 5.41) is 9.22. The summed E-state index contributed by atoms with van der Waals surface area (Å²) in [5.41, 5.74) is 3.74. The van der Waals surface area contributed by atoms with E-state index in [0.717, 1.165) is 11.1 Å². The number of hydrogen-bond acceptors (Lipinski definition) is 5. The number of rotatable bonds is 7. The molecule has 0 radical (unpaired) electrons. The Labute approximate surface area is 169 Å². The number of aliphatic hydroxyl groups is 1. The molecule has 2 aromatic rings. The third-order valence-corrected chi connectivity index (χ3v) is 5.62. The Balaban J connectivity index is 2.06. The van der Waals surface area contributed by atoms with Crippen LogP contribution in [0.3, 0.4) is 0 Å². The van der Waals surface area contributed by atoms with Crippen molar-refractivity contribution in [3.8, 4) is 5.75 Å². The van der Waals surface area contributed by atoms with Crippen LogP contribution >= 0.6 is 11.8 Å². The van der Waals surface area contributed by atoms with Gasteiger partial charge in [0, 0.05) is 11.8 Å². The monoisotopic (exact) mass is 397 g/mol. The molecule has 0 unspecified atom stereocenters. The number of nitrogens with zero attached hydrogens (tertiary/aromatic N) is 1. The Hall–Kier alpha value is -2.57. The first kappa shape index (κ1) is 20.2. The average molecular weight is 397 g/mol. The largest absolute Gasteiger partial charge is 0.494 e. The number of hydrogen-bond donors (Lipinski definition) is 1. The number of anilines is 1. The molecule has 2 amide bonds. The van der Waals surface area contributed by atoms with Gasteiger partial charge in [-0.2, -0.15) is 0 Å². The molecule has 3 rings (SSSR count). The Morgan fingerprint density at radius 3 is 2.50 bits per heavy atom. The van der Waals surface area contributed by atoms with Crippen molar-refractivity contribution >= 4 is 34.8 Å². The van der Waals surface area contributed by atoms with Gasteiger partial charge in [0.2, 0.25) is 0 Å². The zero-order valence-corrected chi connectivity index (χ0v) is 17.0. The third kappa shape index (κ3) is 3.84. The van der Waals surface area contributed by atoms with E-state index in [2.05, 4.69) is 0 Å². The van der Waals surface area contributed by atoms with Gasteiger partial charge < -0.3 is 9.84 Å². The SMILES string of the molecule is CCOc1cccc(N2C(=O)C(SCCO)=C(c3ccc(C)c(C)c3)C2=O)c1. The summed E-state index contributed by atoms with van der Waals surface area (Å²) in [5.74, 6) is 0.215. The number of aryl methyl sites for hydroxylation is 2. The van der Waals surface area contributed by atoms with Crippen LogP contribution < -0.4 is 9.64 Å². The first-order chi connectivity index (χ1) is 13.5. The van der Waals surface area contributed by atoms with Crippen LogP contribution in [0, 0.1) is 13.8 Å². The topological polar surface area (TPSA) is 66.8 Å². The lowest BCUT2D eigenvalue weighted by Gasteiger charge is -2.16. The van der Waals surface area contributed by atoms with Crippen LogP contribution in [-0.4, -0.2) is 35.9 Å². The van der Waals surface area contributed by atoms with Crippen molar-refractivity contribution in [3.63, 3.8) is 0 Å². The molecule has 0 fully saturated rings. The Morgan fingerprint density at radius 1 is 1.04 bits per heavy atom. The first-order valence-corrected chi connectivity index (χ1v) is 10.1. The molecule has 0 saturated heterocycles. The number of imide groups is 1. The van der Waals surface area contributed by atoms with Gasteiger partial charge in [-0.25, -0.2) is 4.90 Å². The van der Waals surface area contributed by atoms with Crippen LogP contribution in [0.4, 0.5) is 5.69 Å². The van der Waals surface area contributed by atoms with Crippen molar-refractivity contribution in [1.82, 2.24) is 0 Å². The number of ether oxygens (including phenoxy) is 1. The van der Waals surface area contributed by atoms with E-state index in [9.17, 15) is 14.7 Å². The van der Waals surface area contributed by atoms with Crippen LogP contribution in [0.5, 0.6) is 5.75 Å². The summed E-state index contributed by atoms with van der Waals surface area (Å²) < 4.78 is 5.51. The molecule has 1 N–H and O–H groups in total. The zero-order chi connectivity index (χ0) is 20.3. The molecule has 146 valence electrons. The molecule has 1 heterocycles. The average Bonchev–Trinajstić information content (AvgIpc) is 2.92. The minimum atomic E-state index is -0.370. The summed E-state index contributed by atoms with van der Waals surface area (Å²) >= 11 is 1.21. The molecular formula is C22H23NO4S. The smallest absolute Gasteiger partial charge is 0.272 e. The summed E-state index contributed by atoms with van der Waals surface area (Å²) in [7, 11) is 0. The van der Waals surface area contributed by atoms with Gasteiger partial charge in [-0.15, -0.1) is 11.8 Å². The maximum absolute atomic E-state index is 13.3. The van der Waals surface area contributed by atoms with E-state index in [1.807, 2.05) is 39.0 Å². The van der Waals surface area contributed by atoms with Crippen molar-refractivity contribution in [3.05, 3.63) is 64.1 Å². The number of benzene rings is 2. The third-order valence-electron chi connectivity index (χ3n) is 4.56. The van der Waals surface area contributed by atoms with E-state index < -0.39 is 0 Å². The Bertz CT molecular complexity index is 951. The van der Waals surface area contributed by atoms with Crippen LogP contribution in [-0.2, 0) is 9.59 Å². The minimum absolute atomic E-state index is 0.0737. The molecule has 0 aromatic heterocycles. The number of thioether (sulfide) groups is 1. The molecule has 0 bridgehead atoms. The van der Waals surface area contributed by atoms with E-state index in [1.54, 1.807) is 24.3 Å². The molecule has 0 atom stereocenters. The summed E-state index contributed by atoms with van der Waals surface area (Å²) in [4.78, 5) is 28.0. The minimum Gasteiger partial charge on any atom is -0.494 e. The molecule has 28 heavy (non-hydrogen) atoms. The molecule has 0 aliphatic carbocycles. The number of carbonyl (C=O) groups excluding carboxylic acids is 2. The molecule has 6 heteroatoms. The second-order valence-electron chi connectivity index (χ2n) is 6.45. The lowest BCUT2D eigenvalue weighted by Crippen LogP contribution is -2.31. The second kappa shape index (κ2) is 8.63. The highest BCUT2D eigenvalue weighted by Gasteiger charge is 2.40. The molecule has 1 aliphatic rings. The zero-order valence-electron chi connectivity index (χ0n) is 16.2. The second-order valence-corrected chi connectivity index (χ2v) is 7.56. The fourth-order valence-electron chi connectivity index (χ4n) is 3.06. The molecule has 2 aromatic carbocycles. The van der Waals surface area contributed by atoms with Crippen molar-refractivity contribution < 1.29 is 19.4 Å². The van der Waals surface area contributed by atoms with Crippen molar-refractivity contribution in [2.24, 2.45) is 0 Å². The molecule has 0 spiro atoms. The highest BCUT2D eigenvalue weighted by molar-refractivity contribution is 8.04. The fourth-order valence-corrected chi connectivity index (χ4v) is 3.92. The van der Waals surface area contributed by atoms with Crippen molar-refractivity contribution in [2.75, 3.05) is 23.9 Å². The van der Waals surface area contributed by atoms with Gasteiger partial charge in [-0.05, 0) is 49.6 Å². The Kier molecular flexibility index (Phi) is 6.21. The van der Waals surface area contributed by atoms with E-state index in [4.69, 9.17) is 4.74 Å². The lowest BCUT2D eigenvalue weighted by atomic mass is 10.0. The van der Waals surface area contributed by atoms with Gasteiger partial charge in [-0.1, -0.05) is 24.3 Å². The molecule has 1 aliphatic heterocycles. The highest BCUT2D eigenvalue weighted by Crippen LogP contribution is 2.39. The van der Waals surface area contributed by atoms with E-state index in [-0.39, 0.29) is 18.4 Å². The van der Waals surface area contributed by atoms with Gasteiger partial charge in [0.15, 0.2) is 0 Å². The standard InChI is InChI=1S/C22H23NO4S/c1-4-27-18-7-5-6-17(13-18)23-21(25)19(20(22(23)26)28-11-10-24)16-9-8-14(2)15(3)12-16/h5-9,12-13,24H,4,10-11H2,1-3H3. The van der Waals surface area contributed by atoms with Gasteiger partial charge in [0.25, 0.3) is 11.8 Å². The van der Waals surface area contributed by atoms with Gasteiger partial charge in [-0.3, -0.25) is 9.59 Å². The van der Waals surface area contributed by atoms with E-state index in [0.29, 0.717) is 39.8 Å². The first-order valence-electron chi connectivity index (χ1n) is 9.15. The van der Waals surface area contributed by atoms with Crippen molar-refractivity contribution in [2.45, 2.75) is 20.8 Å². The van der Waals surface area contributed by atoms with Crippen LogP contribution in [0.2, 0.25) is 0 Å². The summed E-state index contributed by atoms with van der Waals surface area (Å²) in [6, 6.07) is 12.7. The maximum Gasteiger partial charge on any atom is 0.272 e. The van der Waals surface area contributed by atoms with Gasteiger partial charge >= 0.3 is 0 Å². The summed E-state index contributed by atoms with van der Waals surface area (Å²) in [6.45, 7) is 6.28. The lowest BCUT2D eigenvalue weighted by molar-refractivity contribution is -0.119. The number of amides is 2. The molecule has 5 nitrogen and oxygen atoms in total. The predicted octanol–water partition coefficient (Wildman–Crippen LogP) is 3.71. The fraction of sp³-hybridized carbons (Fsp3) is 0.273. The summed E-state index contributed by atoms with van der Waals surface area (Å²) in [6.07, 6.45) is 0. The van der Waals surface area contributed by atoms with Crippen LogP contribution in [0.15, 0.2) is 47.4 Å². The quantitative estimate of drug-likeness (QED) is 0.722. The van der Waals surface area contributed by atoms with E-state index >= 15 is 0 Å². The van der Waals surface area contributed by atoms with Crippen LogP contribution in [0.1, 0.15) is 23.6 Å². The van der Waals surface area contributed by atoms with Crippen LogP contribution in [0.25, 0.3) is 5.57 Å². The van der Waals surface area contributed by atoms with E-state index in [1.165, 1.54) is 16.7 Å². The number of aliphatic hydroxyl groups excluding tert-OH is 1. The molecular weight excluding hydrogens is 374 g/mol. The predicted molar refractivity (Wildman–Crippen MR) is 112 cm³/mol. The number of carbonyl (C=O) groups is 2. The molecule has 0 saturated carbocycles. The maximum atomic E-state index is 13.3. The van der Waals surface area contributed by atoms with Crippen molar-refractivity contribution in [1.29, 1.82) is 0 Å². The van der Waals surface area contributed by atoms with Gasteiger partial charge in [0.05, 0.1) is 29.4 Å². The normalized spacial score (nSPS) is 14.2. The Morgan fingerprint density at radius 2 is 1.82 bits per heavy atom. The highest BCUT2D eigenvalue weighted by atomic mass is 32.2.